The van der Waals surface area contributed by atoms with E-state index in [1.165, 1.54) is 4.68 Å². The van der Waals surface area contributed by atoms with Crippen molar-refractivity contribution in [3.05, 3.63) is 24.5 Å². The quantitative estimate of drug-likeness (QED) is 0.826. The van der Waals surface area contributed by atoms with Gasteiger partial charge in [-0.2, -0.15) is 0 Å². The number of hydrogen-bond acceptors (Lipinski definition) is 7. The number of piperidine rings is 1. The maximum atomic E-state index is 12.2. The Labute approximate surface area is 127 Å². The van der Waals surface area contributed by atoms with Crippen molar-refractivity contribution in [2.24, 2.45) is 0 Å². The van der Waals surface area contributed by atoms with E-state index in [1.54, 1.807) is 17.3 Å². The molecule has 3 rings (SSSR count). The van der Waals surface area contributed by atoms with Gasteiger partial charge in [-0.1, -0.05) is 5.10 Å². The van der Waals surface area contributed by atoms with Gasteiger partial charge in [0.2, 0.25) is 11.9 Å². The van der Waals surface area contributed by atoms with E-state index in [2.05, 4.69) is 20.5 Å². The summed E-state index contributed by atoms with van der Waals surface area (Å²) in [6.07, 6.45) is 5.09. The molecule has 9 heteroatoms. The Morgan fingerprint density at radius 1 is 1.32 bits per heavy atom. The number of amides is 1. The predicted molar refractivity (Wildman–Crippen MR) is 76.7 cm³/mol. The Morgan fingerprint density at radius 2 is 2.05 bits per heavy atom. The lowest BCUT2D eigenvalue weighted by Gasteiger charge is -2.32. The van der Waals surface area contributed by atoms with Crippen LogP contribution in [0.5, 0.6) is 5.75 Å². The summed E-state index contributed by atoms with van der Waals surface area (Å²) < 4.78 is 7.17. The smallest absolute Gasteiger partial charge is 0.244 e. The molecule has 1 amide bonds. The average molecular weight is 303 g/mol. The molecular formula is C13H17N7O2. The van der Waals surface area contributed by atoms with Crippen molar-refractivity contribution < 1.29 is 9.53 Å². The number of tetrazole rings is 1. The van der Waals surface area contributed by atoms with E-state index in [0.717, 1.165) is 18.6 Å². The van der Waals surface area contributed by atoms with Crippen LogP contribution in [0.25, 0.3) is 0 Å². The van der Waals surface area contributed by atoms with Gasteiger partial charge in [0.1, 0.15) is 18.4 Å². The molecule has 2 aromatic rings. The highest BCUT2D eigenvalue weighted by Crippen LogP contribution is 2.18. The van der Waals surface area contributed by atoms with Crippen LogP contribution in [-0.2, 0) is 11.3 Å². The molecule has 0 bridgehead atoms. The lowest BCUT2D eigenvalue weighted by molar-refractivity contribution is -0.133. The molecule has 22 heavy (non-hydrogen) atoms. The van der Waals surface area contributed by atoms with Crippen molar-refractivity contribution in [2.45, 2.75) is 25.5 Å². The molecule has 1 fully saturated rings. The molecule has 0 atom stereocenters. The van der Waals surface area contributed by atoms with Crippen LogP contribution in [0.1, 0.15) is 12.8 Å². The number of ether oxygens (including phenoxy) is 1. The summed E-state index contributed by atoms with van der Waals surface area (Å²) in [6.45, 7) is 1.36. The van der Waals surface area contributed by atoms with Gasteiger partial charge >= 0.3 is 0 Å². The molecule has 0 spiro atoms. The van der Waals surface area contributed by atoms with E-state index >= 15 is 0 Å². The summed E-state index contributed by atoms with van der Waals surface area (Å²) in [5.41, 5.74) is 5.56. The van der Waals surface area contributed by atoms with Crippen LogP contribution in [0.15, 0.2) is 24.5 Å². The Bertz CT molecular complexity index is 622. The van der Waals surface area contributed by atoms with Crippen molar-refractivity contribution in [1.82, 2.24) is 30.1 Å². The van der Waals surface area contributed by atoms with Crippen LogP contribution < -0.4 is 10.5 Å². The summed E-state index contributed by atoms with van der Waals surface area (Å²) in [5, 5.41) is 10.7. The highest BCUT2D eigenvalue weighted by Gasteiger charge is 2.24. The molecule has 1 aliphatic rings. The normalized spacial score (nSPS) is 15.7. The number of rotatable bonds is 4. The zero-order chi connectivity index (χ0) is 15.4. The van der Waals surface area contributed by atoms with E-state index in [4.69, 9.17) is 10.5 Å². The average Bonchev–Trinajstić information content (AvgIpc) is 2.94. The molecule has 3 heterocycles. The van der Waals surface area contributed by atoms with Crippen molar-refractivity contribution >= 4 is 11.9 Å². The Kier molecular flexibility index (Phi) is 4.12. The van der Waals surface area contributed by atoms with Crippen molar-refractivity contribution in [2.75, 3.05) is 18.8 Å². The second kappa shape index (κ2) is 6.37. The van der Waals surface area contributed by atoms with E-state index < -0.39 is 0 Å². The summed E-state index contributed by atoms with van der Waals surface area (Å²) in [6, 6.07) is 3.66. The number of aromatic nitrogens is 5. The minimum atomic E-state index is -0.0404. The first-order valence-electron chi connectivity index (χ1n) is 7.08. The molecule has 2 N–H and O–H groups in total. The number of nitrogen functional groups attached to an aromatic ring is 1. The molecule has 0 aromatic carbocycles. The van der Waals surface area contributed by atoms with Gasteiger partial charge in [0.05, 0.1) is 0 Å². The third kappa shape index (κ3) is 3.30. The number of likely N-dealkylation sites (tertiary alicyclic amines) is 1. The molecule has 2 aromatic heterocycles. The van der Waals surface area contributed by atoms with Crippen LogP contribution in [0.4, 0.5) is 5.95 Å². The topological polar surface area (TPSA) is 112 Å². The summed E-state index contributed by atoms with van der Waals surface area (Å²) in [4.78, 5) is 17.9. The maximum absolute atomic E-state index is 12.2. The van der Waals surface area contributed by atoms with Crippen LogP contribution in [0, 0.1) is 0 Å². The lowest BCUT2D eigenvalue weighted by Crippen LogP contribution is -2.43. The molecule has 116 valence electrons. The monoisotopic (exact) mass is 303 g/mol. The van der Waals surface area contributed by atoms with Crippen molar-refractivity contribution in [1.29, 1.82) is 0 Å². The highest BCUT2D eigenvalue weighted by atomic mass is 16.5. The van der Waals surface area contributed by atoms with Crippen LogP contribution in [0.2, 0.25) is 0 Å². The predicted octanol–water partition coefficient (Wildman–Crippen LogP) is -0.280. The molecule has 0 radical (unpaired) electrons. The summed E-state index contributed by atoms with van der Waals surface area (Å²) in [7, 11) is 0. The van der Waals surface area contributed by atoms with E-state index in [1.807, 2.05) is 12.1 Å². The summed E-state index contributed by atoms with van der Waals surface area (Å²) >= 11 is 0. The molecular weight excluding hydrogens is 286 g/mol. The molecule has 0 aliphatic carbocycles. The van der Waals surface area contributed by atoms with Gasteiger partial charge in [-0.25, -0.2) is 4.68 Å². The van der Waals surface area contributed by atoms with E-state index in [-0.39, 0.29) is 24.5 Å². The largest absolute Gasteiger partial charge is 0.490 e. The van der Waals surface area contributed by atoms with Crippen LogP contribution >= 0.6 is 0 Å². The number of hydrogen-bond donors (Lipinski definition) is 1. The summed E-state index contributed by atoms with van der Waals surface area (Å²) in [5.74, 6) is 0.909. The Morgan fingerprint density at radius 3 is 2.68 bits per heavy atom. The first-order chi connectivity index (χ1) is 10.7. The molecule has 0 saturated carbocycles. The van der Waals surface area contributed by atoms with Crippen LogP contribution in [-0.4, -0.2) is 55.2 Å². The molecule has 1 saturated heterocycles. The number of anilines is 1. The van der Waals surface area contributed by atoms with Gasteiger partial charge < -0.3 is 15.4 Å². The number of pyridine rings is 1. The zero-order valence-electron chi connectivity index (χ0n) is 12.0. The molecule has 1 aliphatic heterocycles. The van der Waals surface area contributed by atoms with Gasteiger partial charge in [0, 0.05) is 38.3 Å². The number of carbonyl (C=O) groups is 1. The maximum Gasteiger partial charge on any atom is 0.244 e. The first kappa shape index (κ1) is 14.2. The molecule has 9 nitrogen and oxygen atoms in total. The first-order valence-corrected chi connectivity index (χ1v) is 7.08. The fourth-order valence-electron chi connectivity index (χ4n) is 2.38. The fraction of sp³-hybridized carbons (Fsp3) is 0.462. The third-order valence-electron chi connectivity index (χ3n) is 3.59. The van der Waals surface area contributed by atoms with Gasteiger partial charge in [-0.3, -0.25) is 9.78 Å². The van der Waals surface area contributed by atoms with Gasteiger partial charge in [-0.15, -0.1) is 0 Å². The highest BCUT2D eigenvalue weighted by molar-refractivity contribution is 5.76. The van der Waals surface area contributed by atoms with E-state index in [0.29, 0.717) is 13.1 Å². The lowest BCUT2D eigenvalue weighted by atomic mass is 10.1. The third-order valence-corrected chi connectivity index (χ3v) is 3.59. The SMILES string of the molecule is Nc1nnnn1CC(=O)N1CCC(Oc2ccncc2)CC1. The zero-order valence-corrected chi connectivity index (χ0v) is 12.0. The van der Waals surface area contributed by atoms with Crippen molar-refractivity contribution in [3.63, 3.8) is 0 Å². The minimum absolute atomic E-state index is 0.0404. The Balaban J connectivity index is 1.49. The number of nitrogens with zero attached hydrogens (tertiary/aromatic N) is 6. The number of nitrogens with two attached hydrogens (primary N) is 1. The molecule has 0 unspecified atom stereocenters. The minimum Gasteiger partial charge on any atom is -0.490 e. The second-order valence-corrected chi connectivity index (χ2v) is 5.08. The van der Waals surface area contributed by atoms with Gasteiger partial charge in [0.25, 0.3) is 0 Å². The van der Waals surface area contributed by atoms with Crippen LogP contribution in [0.3, 0.4) is 0 Å². The fourth-order valence-corrected chi connectivity index (χ4v) is 2.38. The van der Waals surface area contributed by atoms with Gasteiger partial charge in [-0.05, 0) is 22.6 Å². The standard InChI is InChI=1S/C13H17N7O2/c14-13-16-17-18-20(13)9-12(21)19-7-3-11(4-8-19)22-10-1-5-15-6-2-10/h1-2,5-6,11H,3-4,7-9H2,(H2,14,16,18). The van der Waals surface area contributed by atoms with Gasteiger partial charge in [0.15, 0.2) is 0 Å². The number of carbonyl (C=O) groups excluding carboxylic acids is 1. The van der Waals surface area contributed by atoms with E-state index in [9.17, 15) is 4.79 Å². The Hall–Kier alpha value is -2.71. The van der Waals surface area contributed by atoms with Crippen molar-refractivity contribution in [3.8, 4) is 5.75 Å². The second-order valence-electron chi connectivity index (χ2n) is 5.08.